The Hall–Kier alpha value is -2.18. The number of aromatic nitrogens is 2. The third-order valence-corrected chi connectivity index (χ3v) is 5.41. The Balaban J connectivity index is 1.33. The highest BCUT2D eigenvalue weighted by atomic mass is 16.5. The zero-order valence-corrected chi connectivity index (χ0v) is 16.1. The molecule has 0 amide bonds. The molecule has 0 radical (unpaired) electrons. The first-order valence-corrected chi connectivity index (χ1v) is 9.96. The molecule has 2 aliphatic rings. The van der Waals surface area contributed by atoms with Crippen LogP contribution in [0.1, 0.15) is 24.2 Å². The summed E-state index contributed by atoms with van der Waals surface area (Å²) >= 11 is 0. The third kappa shape index (κ3) is 4.96. The smallest absolute Gasteiger partial charge is 0.135 e. The van der Waals surface area contributed by atoms with Crippen molar-refractivity contribution in [1.82, 2.24) is 14.9 Å². The fraction of sp³-hybridized carbons (Fsp3) is 0.524. The molecule has 2 aliphatic heterocycles. The predicted molar refractivity (Wildman–Crippen MR) is 108 cm³/mol. The molecular weight excluding hydrogens is 338 g/mol. The molecule has 6 nitrogen and oxygen atoms in total. The van der Waals surface area contributed by atoms with Gasteiger partial charge in [-0.15, -0.1) is 0 Å². The van der Waals surface area contributed by atoms with Crippen molar-refractivity contribution in [2.75, 3.05) is 56.6 Å². The molecule has 0 spiro atoms. The second kappa shape index (κ2) is 8.67. The Labute approximate surface area is 161 Å². The monoisotopic (exact) mass is 367 g/mol. The molecular formula is C21H29N5O. The summed E-state index contributed by atoms with van der Waals surface area (Å²) < 4.78 is 5.66. The van der Waals surface area contributed by atoms with Crippen LogP contribution >= 0.6 is 0 Å². The number of likely N-dealkylation sites (N-methyl/N-ethyl adjacent to an activating group) is 1. The molecule has 144 valence electrons. The van der Waals surface area contributed by atoms with Crippen molar-refractivity contribution < 1.29 is 4.74 Å². The third-order valence-electron chi connectivity index (χ3n) is 5.41. The molecule has 2 aromatic rings. The molecule has 1 N–H and O–H groups in total. The largest absolute Gasteiger partial charge is 0.376 e. The van der Waals surface area contributed by atoms with Gasteiger partial charge < -0.3 is 19.9 Å². The van der Waals surface area contributed by atoms with Crippen LogP contribution in [0.2, 0.25) is 0 Å². The lowest BCUT2D eigenvalue weighted by atomic mass is 10.1. The summed E-state index contributed by atoms with van der Waals surface area (Å²) in [5.74, 6) is 1.73. The van der Waals surface area contributed by atoms with Crippen molar-refractivity contribution >= 4 is 11.5 Å². The Morgan fingerprint density at radius 2 is 1.93 bits per heavy atom. The minimum absolute atomic E-state index is 0.311. The molecule has 0 bridgehead atoms. The number of piperazine rings is 1. The van der Waals surface area contributed by atoms with E-state index in [1.54, 1.807) is 0 Å². The molecule has 6 heteroatoms. The molecule has 2 saturated heterocycles. The molecule has 0 aliphatic carbocycles. The number of hydrogen-bond donors (Lipinski definition) is 1. The molecule has 1 aromatic heterocycles. The SMILES string of the molecule is CN1CCN(c2ccc(Cc3nccc(NCC4CCCO4)n3)cc2)CC1. The summed E-state index contributed by atoms with van der Waals surface area (Å²) in [6.45, 7) is 6.14. The zero-order chi connectivity index (χ0) is 18.5. The lowest BCUT2D eigenvalue weighted by Crippen LogP contribution is -2.44. The van der Waals surface area contributed by atoms with Gasteiger partial charge in [0, 0.05) is 57.6 Å². The highest BCUT2D eigenvalue weighted by molar-refractivity contribution is 5.48. The van der Waals surface area contributed by atoms with Gasteiger partial charge in [-0.25, -0.2) is 9.97 Å². The Bertz CT molecular complexity index is 722. The van der Waals surface area contributed by atoms with Crippen molar-refractivity contribution in [2.45, 2.75) is 25.4 Å². The number of nitrogens with zero attached hydrogens (tertiary/aromatic N) is 4. The molecule has 2 fully saturated rings. The van der Waals surface area contributed by atoms with E-state index in [1.165, 1.54) is 11.3 Å². The van der Waals surface area contributed by atoms with Crippen LogP contribution in [0.15, 0.2) is 36.5 Å². The number of benzene rings is 1. The topological polar surface area (TPSA) is 53.5 Å². The molecule has 4 rings (SSSR count). The first kappa shape index (κ1) is 18.2. The summed E-state index contributed by atoms with van der Waals surface area (Å²) in [6.07, 6.45) is 5.18. The van der Waals surface area contributed by atoms with E-state index >= 15 is 0 Å². The zero-order valence-electron chi connectivity index (χ0n) is 16.1. The van der Waals surface area contributed by atoms with Gasteiger partial charge in [-0.1, -0.05) is 12.1 Å². The van der Waals surface area contributed by atoms with Crippen LogP contribution in [-0.4, -0.2) is 67.4 Å². The second-order valence-electron chi connectivity index (χ2n) is 7.51. The maximum atomic E-state index is 5.66. The van der Waals surface area contributed by atoms with Gasteiger partial charge in [-0.2, -0.15) is 0 Å². The van der Waals surface area contributed by atoms with E-state index < -0.39 is 0 Å². The molecule has 1 aromatic carbocycles. The predicted octanol–water partition coefficient (Wildman–Crippen LogP) is 2.41. The normalized spacial score (nSPS) is 20.8. The molecule has 0 saturated carbocycles. The average molecular weight is 367 g/mol. The molecule has 1 unspecified atom stereocenters. The molecule has 3 heterocycles. The summed E-state index contributed by atoms with van der Waals surface area (Å²) in [6, 6.07) is 10.8. The summed E-state index contributed by atoms with van der Waals surface area (Å²) in [5.41, 5.74) is 2.55. The van der Waals surface area contributed by atoms with Gasteiger partial charge >= 0.3 is 0 Å². The van der Waals surface area contributed by atoms with Gasteiger partial charge in [-0.3, -0.25) is 0 Å². The maximum absolute atomic E-state index is 5.66. The fourth-order valence-corrected chi connectivity index (χ4v) is 3.68. The molecule has 1 atom stereocenters. The fourth-order valence-electron chi connectivity index (χ4n) is 3.68. The number of nitrogens with one attached hydrogen (secondary N) is 1. The van der Waals surface area contributed by atoms with Gasteiger partial charge in [0.2, 0.25) is 0 Å². The Morgan fingerprint density at radius 3 is 2.67 bits per heavy atom. The van der Waals surface area contributed by atoms with Crippen LogP contribution < -0.4 is 10.2 Å². The number of ether oxygens (including phenoxy) is 1. The van der Waals surface area contributed by atoms with Crippen LogP contribution in [0.4, 0.5) is 11.5 Å². The summed E-state index contributed by atoms with van der Waals surface area (Å²) in [5, 5.41) is 3.38. The van der Waals surface area contributed by atoms with Gasteiger partial charge in [-0.05, 0) is 43.7 Å². The average Bonchev–Trinajstić information content (AvgIpc) is 3.22. The van der Waals surface area contributed by atoms with Crippen molar-refractivity contribution in [3.05, 3.63) is 47.9 Å². The summed E-state index contributed by atoms with van der Waals surface area (Å²) in [4.78, 5) is 13.9. The number of rotatable bonds is 6. The quantitative estimate of drug-likeness (QED) is 0.846. The highest BCUT2D eigenvalue weighted by Gasteiger charge is 2.16. The van der Waals surface area contributed by atoms with Crippen LogP contribution in [-0.2, 0) is 11.2 Å². The van der Waals surface area contributed by atoms with Gasteiger partial charge in [0.1, 0.15) is 11.6 Å². The standard InChI is InChI=1S/C21H29N5O/c1-25-10-12-26(13-11-25)18-6-4-17(5-7-18)15-21-22-9-8-20(24-21)23-16-19-3-2-14-27-19/h4-9,19H,2-3,10-16H2,1H3,(H,22,23,24). The summed E-state index contributed by atoms with van der Waals surface area (Å²) in [7, 11) is 2.18. The lowest BCUT2D eigenvalue weighted by molar-refractivity contribution is 0.120. The van der Waals surface area contributed by atoms with Gasteiger partial charge in [0.25, 0.3) is 0 Å². The second-order valence-corrected chi connectivity index (χ2v) is 7.51. The van der Waals surface area contributed by atoms with Crippen LogP contribution in [0.5, 0.6) is 0 Å². The van der Waals surface area contributed by atoms with Crippen LogP contribution in [0.3, 0.4) is 0 Å². The van der Waals surface area contributed by atoms with Crippen molar-refractivity contribution in [3.8, 4) is 0 Å². The first-order valence-electron chi connectivity index (χ1n) is 9.96. The van der Waals surface area contributed by atoms with Gasteiger partial charge in [0.15, 0.2) is 0 Å². The minimum Gasteiger partial charge on any atom is -0.376 e. The van der Waals surface area contributed by atoms with E-state index in [1.807, 2.05) is 12.3 Å². The van der Waals surface area contributed by atoms with E-state index in [4.69, 9.17) is 4.74 Å². The van der Waals surface area contributed by atoms with Gasteiger partial charge in [0.05, 0.1) is 6.10 Å². The van der Waals surface area contributed by atoms with Crippen molar-refractivity contribution in [1.29, 1.82) is 0 Å². The maximum Gasteiger partial charge on any atom is 0.135 e. The van der Waals surface area contributed by atoms with E-state index in [-0.39, 0.29) is 0 Å². The van der Waals surface area contributed by atoms with Crippen molar-refractivity contribution in [2.24, 2.45) is 0 Å². The van der Waals surface area contributed by atoms with E-state index in [9.17, 15) is 0 Å². The number of anilines is 2. The number of hydrogen-bond acceptors (Lipinski definition) is 6. The Morgan fingerprint density at radius 1 is 1.11 bits per heavy atom. The Kier molecular flexibility index (Phi) is 5.84. The molecule has 27 heavy (non-hydrogen) atoms. The van der Waals surface area contributed by atoms with Crippen molar-refractivity contribution in [3.63, 3.8) is 0 Å². The van der Waals surface area contributed by atoms with Crippen LogP contribution in [0, 0.1) is 0 Å². The van der Waals surface area contributed by atoms with E-state index in [0.29, 0.717) is 6.10 Å². The van der Waals surface area contributed by atoms with E-state index in [2.05, 4.69) is 56.4 Å². The lowest BCUT2D eigenvalue weighted by Gasteiger charge is -2.34. The first-order chi connectivity index (χ1) is 13.3. The highest BCUT2D eigenvalue weighted by Crippen LogP contribution is 2.18. The van der Waals surface area contributed by atoms with E-state index in [0.717, 1.165) is 70.2 Å². The van der Waals surface area contributed by atoms with Crippen LogP contribution in [0.25, 0.3) is 0 Å². The minimum atomic E-state index is 0.311.